The summed E-state index contributed by atoms with van der Waals surface area (Å²) in [5, 5.41) is 4.04. The molecule has 1 saturated heterocycles. The fourth-order valence-electron chi connectivity index (χ4n) is 3.34. The first-order valence-corrected chi connectivity index (χ1v) is 9.75. The van der Waals surface area contributed by atoms with E-state index in [4.69, 9.17) is 4.74 Å². The summed E-state index contributed by atoms with van der Waals surface area (Å²) in [5.74, 6) is 1.00. The minimum Gasteiger partial charge on any atom is -0.489 e. The minimum absolute atomic E-state index is 0.263. The molecule has 1 unspecified atom stereocenters. The van der Waals surface area contributed by atoms with Crippen LogP contribution in [0.15, 0.2) is 12.4 Å². The van der Waals surface area contributed by atoms with E-state index in [1.54, 1.807) is 6.20 Å². The number of ether oxygens (including phenoxy) is 1. The van der Waals surface area contributed by atoms with Gasteiger partial charge in [0, 0.05) is 0 Å². The van der Waals surface area contributed by atoms with Gasteiger partial charge in [-0.05, 0) is 25.7 Å². The Morgan fingerprint density at radius 1 is 1.14 bits per heavy atom. The molecule has 0 amide bonds. The van der Waals surface area contributed by atoms with Gasteiger partial charge in [0.05, 0.1) is 29.4 Å². The molecule has 6 heteroatoms. The molecule has 0 aromatic carbocycles. The maximum absolute atomic E-state index is 12.0. The van der Waals surface area contributed by atoms with Gasteiger partial charge in [-0.15, -0.1) is 0 Å². The van der Waals surface area contributed by atoms with Crippen molar-refractivity contribution in [2.24, 2.45) is 0 Å². The summed E-state index contributed by atoms with van der Waals surface area (Å²) >= 11 is 0. The van der Waals surface area contributed by atoms with Crippen molar-refractivity contribution in [3.63, 3.8) is 0 Å². The molecule has 1 aromatic rings. The van der Waals surface area contributed by atoms with Crippen LogP contribution in [0.3, 0.4) is 0 Å². The first kappa shape index (κ1) is 14.9. The van der Waals surface area contributed by atoms with E-state index in [1.807, 2.05) is 10.9 Å². The van der Waals surface area contributed by atoms with Crippen LogP contribution < -0.4 is 4.74 Å². The van der Waals surface area contributed by atoms with Gasteiger partial charge in [-0.25, -0.2) is 8.42 Å². The summed E-state index contributed by atoms with van der Waals surface area (Å²) in [4.78, 5) is 0. The predicted octanol–water partition coefficient (Wildman–Crippen LogP) is 2.73. The molecule has 2 aliphatic rings. The Morgan fingerprint density at radius 3 is 2.67 bits per heavy atom. The molecule has 5 nitrogen and oxygen atoms in total. The van der Waals surface area contributed by atoms with Gasteiger partial charge < -0.3 is 4.74 Å². The van der Waals surface area contributed by atoms with Crippen molar-refractivity contribution in [1.82, 2.24) is 9.78 Å². The topological polar surface area (TPSA) is 61.2 Å². The van der Waals surface area contributed by atoms with Crippen LogP contribution in [0, 0.1) is 0 Å². The van der Waals surface area contributed by atoms with Crippen molar-refractivity contribution in [3.05, 3.63) is 12.4 Å². The van der Waals surface area contributed by atoms with Crippen molar-refractivity contribution in [2.75, 3.05) is 12.4 Å². The molecule has 2 fully saturated rings. The van der Waals surface area contributed by atoms with Gasteiger partial charge in [0.25, 0.3) is 0 Å². The highest BCUT2D eigenvalue weighted by Gasteiger charge is 2.29. The fraction of sp³-hybridized carbons (Fsp3) is 0.800. The molecule has 0 N–H and O–H groups in total. The highest BCUT2D eigenvalue weighted by molar-refractivity contribution is 7.92. The molecule has 1 atom stereocenters. The second kappa shape index (κ2) is 6.38. The number of hydrogen-bond donors (Lipinski definition) is 0. The predicted molar refractivity (Wildman–Crippen MR) is 81.3 cm³/mol. The van der Waals surface area contributed by atoms with Crippen LogP contribution in [-0.2, 0) is 9.84 Å². The molecule has 0 radical (unpaired) electrons. The van der Waals surface area contributed by atoms with Gasteiger partial charge in [-0.1, -0.05) is 25.7 Å². The average Bonchev–Trinajstić information content (AvgIpc) is 2.95. The minimum atomic E-state index is -2.96. The molecule has 0 bridgehead atoms. The Bertz CT molecular complexity index is 561. The van der Waals surface area contributed by atoms with Crippen molar-refractivity contribution in [1.29, 1.82) is 0 Å². The van der Waals surface area contributed by atoms with E-state index in [2.05, 4.69) is 5.10 Å². The Balaban J connectivity index is 1.57. The Hall–Kier alpha value is -1.04. The van der Waals surface area contributed by atoms with Gasteiger partial charge in [0.1, 0.15) is 6.61 Å². The Labute approximate surface area is 126 Å². The first-order chi connectivity index (χ1) is 10.1. The Morgan fingerprint density at radius 2 is 1.90 bits per heavy atom. The van der Waals surface area contributed by atoms with Crippen molar-refractivity contribution in [3.8, 4) is 5.75 Å². The standard InChI is InChI=1S/C15H24N2O3S/c18-21(19)9-5-4-8-15(21)12-20-14-10-16-17(11-14)13-6-2-1-3-7-13/h10-11,13,15H,1-9,12H2. The lowest BCUT2D eigenvalue weighted by Gasteiger charge is -2.22. The maximum Gasteiger partial charge on any atom is 0.157 e. The van der Waals surface area contributed by atoms with E-state index in [-0.39, 0.29) is 11.9 Å². The van der Waals surface area contributed by atoms with Gasteiger partial charge in [-0.3, -0.25) is 4.68 Å². The summed E-state index contributed by atoms with van der Waals surface area (Å²) in [6, 6.07) is 0.481. The molecule has 0 spiro atoms. The summed E-state index contributed by atoms with van der Waals surface area (Å²) in [6.45, 7) is 0.263. The van der Waals surface area contributed by atoms with Crippen molar-refractivity contribution < 1.29 is 13.2 Å². The third-order valence-electron chi connectivity index (χ3n) is 4.68. The van der Waals surface area contributed by atoms with E-state index >= 15 is 0 Å². The van der Waals surface area contributed by atoms with Gasteiger partial charge >= 0.3 is 0 Å². The largest absolute Gasteiger partial charge is 0.489 e. The molecule has 21 heavy (non-hydrogen) atoms. The molecule has 1 aliphatic heterocycles. The van der Waals surface area contributed by atoms with E-state index in [9.17, 15) is 8.42 Å². The van der Waals surface area contributed by atoms with E-state index in [1.165, 1.54) is 32.1 Å². The lowest BCUT2D eigenvalue weighted by molar-refractivity contribution is 0.298. The third kappa shape index (κ3) is 3.59. The zero-order valence-corrected chi connectivity index (χ0v) is 13.2. The van der Waals surface area contributed by atoms with Gasteiger partial charge in [0.2, 0.25) is 0 Å². The summed E-state index contributed by atoms with van der Waals surface area (Å²) in [5.41, 5.74) is 0. The normalized spacial score (nSPS) is 26.6. The van der Waals surface area contributed by atoms with Crippen LogP contribution in [-0.4, -0.2) is 35.8 Å². The lowest BCUT2D eigenvalue weighted by atomic mass is 9.96. The maximum atomic E-state index is 12.0. The SMILES string of the molecule is O=S1(=O)CCCCC1COc1cnn(C2CCCCC2)c1. The monoisotopic (exact) mass is 312 g/mol. The zero-order chi connectivity index (χ0) is 14.7. The van der Waals surface area contributed by atoms with Gasteiger partial charge in [-0.2, -0.15) is 5.10 Å². The number of hydrogen-bond acceptors (Lipinski definition) is 4. The first-order valence-electron chi connectivity index (χ1n) is 8.04. The average molecular weight is 312 g/mol. The summed E-state index contributed by atoms with van der Waals surface area (Å²) in [6.07, 6.45) is 12.3. The molecular formula is C15H24N2O3S. The van der Waals surface area contributed by atoms with E-state index in [0.29, 0.717) is 17.5 Å². The second-order valence-electron chi connectivity index (χ2n) is 6.24. The van der Waals surface area contributed by atoms with E-state index in [0.717, 1.165) is 19.3 Å². The highest BCUT2D eigenvalue weighted by atomic mass is 32.2. The molecule has 1 aromatic heterocycles. The number of sulfone groups is 1. The van der Waals surface area contributed by atoms with Crippen LogP contribution in [0.1, 0.15) is 57.4 Å². The second-order valence-corrected chi connectivity index (χ2v) is 8.64. The Kier molecular flexibility index (Phi) is 4.52. The number of aromatic nitrogens is 2. The van der Waals surface area contributed by atoms with Crippen LogP contribution in [0.5, 0.6) is 5.75 Å². The molecule has 2 heterocycles. The molecule has 3 rings (SSSR count). The van der Waals surface area contributed by atoms with Gasteiger partial charge in [0.15, 0.2) is 15.6 Å². The van der Waals surface area contributed by atoms with Crippen molar-refractivity contribution >= 4 is 9.84 Å². The van der Waals surface area contributed by atoms with Crippen molar-refractivity contribution in [2.45, 2.75) is 62.7 Å². The zero-order valence-electron chi connectivity index (χ0n) is 12.4. The van der Waals surface area contributed by atoms with Crippen LogP contribution in [0.25, 0.3) is 0 Å². The molecule has 118 valence electrons. The van der Waals surface area contributed by atoms with Crippen LogP contribution >= 0.6 is 0 Å². The number of nitrogens with zero attached hydrogens (tertiary/aromatic N) is 2. The third-order valence-corrected chi connectivity index (χ3v) is 6.92. The molecule has 1 saturated carbocycles. The quantitative estimate of drug-likeness (QED) is 0.857. The van der Waals surface area contributed by atoms with Crippen LogP contribution in [0.2, 0.25) is 0 Å². The van der Waals surface area contributed by atoms with E-state index < -0.39 is 9.84 Å². The van der Waals surface area contributed by atoms with Crippen LogP contribution in [0.4, 0.5) is 0 Å². The lowest BCUT2D eigenvalue weighted by Crippen LogP contribution is -2.33. The smallest absolute Gasteiger partial charge is 0.157 e. The fourth-order valence-corrected chi connectivity index (χ4v) is 5.08. The summed E-state index contributed by atoms with van der Waals surface area (Å²) in [7, 11) is -2.96. The molecular weight excluding hydrogens is 288 g/mol. The summed E-state index contributed by atoms with van der Waals surface area (Å²) < 4.78 is 31.6. The number of rotatable bonds is 4. The molecule has 1 aliphatic carbocycles. The highest BCUT2D eigenvalue weighted by Crippen LogP contribution is 2.28.